The van der Waals surface area contributed by atoms with Crippen LogP contribution in [0.15, 0.2) is 48.5 Å². The fraction of sp³-hybridized carbons (Fsp3) is 0.429. The van der Waals surface area contributed by atoms with Gasteiger partial charge < -0.3 is 5.73 Å². The van der Waals surface area contributed by atoms with Crippen LogP contribution in [0.3, 0.4) is 0 Å². The van der Waals surface area contributed by atoms with Crippen LogP contribution in [-0.4, -0.2) is 6.04 Å². The van der Waals surface area contributed by atoms with Crippen LogP contribution in [-0.2, 0) is 11.8 Å². The first-order valence-corrected chi connectivity index (χ1v) is 8.23. The number of hydrogen-bond acceptors (Lipinski definition) is 1. The van der Waals surface area contributed by atoms with Crippen molar-refractivity contribution in [1.29, 1.82) is 0 Å². The van der Waals surface area contributed by atoms with Crippen LogP contribution in [0.4, 0.5) is 0 Å². The van der Waals surface area contributed by atoms with E-state index in [9.17, 15) is 0 Å². The van der Waals surface area contributed by atoms with E-state index in [2.05, 4.69) is 83.1 Å². The molecular weight excluding hydrogens is 266 g/mol. The topological polar surface area (TPSA) is 26.0 Å². The Morgan fingerprint density at radius 3 is 1.68 bits per heavy atom. The van der Waals surface area contributed by atoms with Gasteiger partial charge in [-0.05, 0) is 40.0 Å². The fourth-order valence-electron chi connectivity index (χ4n) is 2.50. The Kier molecular flexibility index (Phi) is 5.08. The summed E-state index contributed by atoms with van der Waals surface area (Å²) in [7, 11) is 0. The van der Waals surface area contributed by atoms with Crippen molar-refractivity contribution < 1.29 is 0 Å². The zero-order chi connectivity index (χ0) is 16.3. The summed E-state index contributed by atoms with van der Waals surface area (Å²) in [4.78, 5) is 0. The third-order valence-corrected chi connectivity index (χ3v) is 4.37. The molecule has 0 aliphatic rings. The quantitative estimate of drug-likeness (QED) is 0.826. The Morgan fingerprint density at radius 1 is 0.818 bits per heavy atom. The number of rotatable bonds is 4. The van der Waals surface area contributed by atoms with Gasteiger partial charge in [-0.3, -0.25) is 0 Å². The predicted molar refractivity (Wildman–Crippen MR) is 97.1 cm³/mol. The Labute approximate surface area is 135 Å². The molecule has 0 saturated carbocycles. The van der Waals surface area contributed by atoms with Gasteiger partial charge in [0, 0.05) is 6.04 Å². The molecular formula is C21H29N. The Morgan fingerprint density at radius 2 is 1.27 bits per heavy atom. The summed E-state index contributed by atoms with van der Waals surface area (Å²) in [6.45, 7) is 11.1. The highest BCUT2D eigenvalue weighted by atomic mass is 14.6. The van der Waals surface area contributed by atoms with E-state index in [1.807, 2.05) is 0 Å². The molecule has 1 unspecified atom stereocenters. The van der Waals surface area contributed by atoms with Gasteiger partial charge >= 0.3 is 0 Å². The summed E-state index contributed by atoms with van der Waals surface area (Å²) in [5.41, 5.74) is 11.6. The molecule has 1 heteroatoms. The molecule has 1 nitrogen and oxygen atoms in total. The highest BCUT2D eigenvalue weighted by Crippen LogP contribution is 2.26. The summed E-state index contributed by atoms with van der Waals surface area (Å²) >= 11 is 0. The molecule has 0 amide bonds. The Bertz CT molecular complexity index is 585. The Balaban J connectivity index is 2.13. The monoisotopic (exact) mass is 295 g/mol. The molecule has 1 atom stereocenters. The average Bonchev–Trinajstić information content (AvgIpc) is 2.47. The molecule has 0 aromatic heterocycles. The van der Waals surface area contributed by atoms with E-state index in [-0.39, 0.29) is 11.5 Å². The third kappa shape index (κ3) is 4.20. The van der Waals surface area contributed by atoms with Crippen molar-refractivity contribution in [2.24, 2.45) is 11.7 Å². The van der Waals surface area contributed by atoms with E-state index in [1.54, 1.807) is 0 Å². The van der Waals surface area contributed by atoms with Crippen LogP contribution in [0.25, 0.3) is 11.1 Å². The van der Waals surface area contributed by atoms with Crippen LogP contribution in [0.2, 0.25) is 0 Å². The van der Waals surface area contributed by atoms with E-state index < -0.39 is 0 Å². The molecule has 0 aliphatic carbocycles. The zero-order valence-electron chi connectivity index (χ0n) is 14.6. The van der Waals surface area contributed by atoms with E-state index in [0.29, 0.717) is 5.92 Å². The maximum absolute atomic E-state index is 6.16. The number of benzene rings is 2. The van der Waals surface area contributed by atoms with Crippen LogP contribution in [0, 0.1) is 5.92 Å². The van der Waals surface area contributed by atoms with Crippen LogP contribution >= 0.6 is 0 Å². The largest absolute Gasteiger partial charge is 0.327 e. The van der Waals surface area contributed by atoms with Gasteiger partial charge in [-0.1, -0.05) is 83.1 Å². The minimum absolute atomic E-state index is 0.204. The van der Waals surface area contributed by atoms with Gasteiger partial charge in [0.15, 0.2) is 0 Å². The third-order valence-electron chi connectivity index (χ3n) is 4.37. The van der Waals surface area contributed by atoms with E-state index >= 15 is 0 Å². The van der Waals surface area contributed by atoms with Gasteiger partial charge in [0.2, 0.25) is 0 Å². The number of hydrogen-bond donors (Lipinski definition) is 1. The molecule has 0 saturated heterocycles. The van der Waals surface area contributed by atoms with Crippen LogP contribution < -0.4 is 5.73 Å². The lowest BCUT2D eigenvalue weighted by molar-refractivity contribution is 0.490. The highest BCUT2D eigenvalue weighted by molar-refractivity contribution is 5.64. The fourth-order valence-corrected chi connectivity index (χ4v) is 2.50. The standard InChI is InChI=1S/C21H29N/c1-15(2)20(22)14-16-6-8-17(9-7-16)18-10-12-19(13-11-18)21(3,4)5/h6-13,15,20H,14,22H2,1-5H3. The molecule has 0 fully saturated rings. The van der Waals surface area contributed by atoms with Gasteiger partial charge in [-0.2, -0.15) is 0 Å². The van der Waals surface area contributed by atoms with Crippen molar-refractivity contribution in [1.82, 2.24) is 0 Å². The summed E-state index contributed by atoms with van der Waals surface area (Å²) in [5.74, 6) is 0.518. The second-order valence-electron chi connectivity index (χ2n) is 7.64. The van der Waals surface area contributed by atoms with Crippen molar-refractivity contribution in [3.8, 4) is 11.1 Å². The van der Waals surface area contributed by atoms with E-state index in [4.69, 9.17) is 5.73 Å². The average molecular weight is 295 g/mol. The van der Waals surface area contributed by atoms with Crippen molar-refractivity contribution in [3.05, 3.63) is 59.7 Å². The second kappa shape index (κ2) is 6.66. The van der Waals surface area contributed by atoms with Gasteiger partial charge in [0.05, 0.1) is 0 Å². The molecule has 0 radical (unpaired) electrons. The smallest absolute Gasteiger partial charge is 0.0102 e. The molecule has 118 valence electrons. The zero-order valence-corrected chi connectivity index (χ0v) is 14.6. The van der Waals surface area contributed by atoms with Crippen molar-refractivity contribution >= 4 is 0 Å². The van der Waals surface area contributed by atoms with Crippen molar-refractivity contribution in [2.75, 3.05) is 0 Å². The molecule has 0 aliphatic heterocycles. The summed E-state index contributed by atoms with van der Waals surface area (Å²) in [6.07, 6.45) is 0.945. The summed E-state index contributed by atoms with van der Waals surface area (Å²) < 4.78 is 0. The first kappa shape index (κ1) is 16.8. The molecule has 0 spiro atoms. The molecule has 2 aromatic rings. The molecule has 2 N–H and O–H groups in total. The Hall–Kier alpha value is -1.60. The van der Waals surface area contributed by atoms with E-state index in [0.717, 1.165) is 6.42 Å². The predicted octanol–water partition coefficient (Wildman–Crippen LogP) is 5.18. The maximum atomic E-state index is 6.16. The van der Waals surface area contributed by atoms with Crippen molar-refractivity contribution in [2.45, 2.75) is 52.5 Å². The second-order valence-corrected chi connectivity index (χ2v) is 7.64. The maximum Gasteiger partial charge on any atom is 0.0102 e. The lowest BCUT2D eigenvalue weighted by Crippen LogP contribution is -2.28. The van der Waals surface area contributed by atoms with Gasteiger partial charge in [-0.15, -0.1) is 0 Å². The molecule has 2 aromatic carbocycles. The van der Waals surface area contributed by atoms with E-state index in [1.165, 1.54) is 22.3 Å². The van der Waals surface area contributed by atoms with Crippen LogP contribution in [0.5, 0.6) is 0 Å². The minimum atomic E-state index is 0.204. The number of nitrogens with two attached hydrogens (primary N) is 1. The van der Waals surface area contributed by atoms with Gasteiger partial charge in [-0.25, -0.2) is 0 Å². The first-order valence-electron chi connectivity index (χ1n) is 8.23. The lowest BCUT2D eigenvalue weighted by Gasteiger charge is -2.19. The van der Waals surface area contributed by atoms with Crippen molar-refractivity contribution in [3.63, 3.8) is 0 Å². The minimum Gasteiger partial charge on any atom is -0.327 e. The van der Waals surface area contributed by atoms with Crippen LogP contribution in [0.1, 0.15) is 45.7 Å². The SMILES string of the molecule is CC(C)C(N)Cc1ccc(-c2ccc(C(C)(C)C)cc2)cc1. The van der Waals surface area contributed by atoms with Gasteiger partial charge in [0.25, 0.3) is 0 Å². The molecule has 22 heavy (non-hydrogen) atoms. The normalized spacial score (nSPS) is 13.4. The van der Waals surface area contributed by atoms with Gasteiger partial charge in [0.1, 0.15) is 0 Å². The molecule has 0 bridgehead atoms. The lowest BCUT2D eigenvalue weighted by atomic mass is 9.86. The molecule has 2 rings (SSSR count). The first-order chi connectivity index (χ1) is 10.3. The molecule has 0 heterocycles. The highest BCUT2D eigenvalue weighted by Gasteiger charge is 2.13. The summed E-state index contributed by atoms with van der Waals surface area (Å²) in [6, 6.07) is 17.9. The summed E-state index contributed by atoms with van der Waals surface area (Å²) in [5, 5.41) is 0.